The van der Waals surface area contributed by atoms with Gasteiger partial charge in [-0.3, -0.25) is 4.90 Å². The van der Waals surface area contributed by atoms with Crippen LogP contribution in [-0.4, -0.2) is 31.1 Å². The zero-order chi connectivity index (χ0) is 12.3. The van der Waals surface area contributed by atoms with Crippen LogP contribution >= 0.6 is 0 Å². The van der Waals surface area contributed by atoms with Gasteiger partial charge in [-0.2, -0.15) is 0 Å². The zero-order valence-corrected chi connectivity index (χ0v) is 9.86. The van der Waals surface area contributed by atoms with Crippen LogP contribution in [0.4, 0.5) is 4.39 Å². The van der Waals surface area contributed by atoms with Gasteiger partial charge in [0.05, 0.1) is 7.11 Å². The minimum atomic E-state index is -0.400. The van der Waals surface area contributed by atoms with Crippen LogP contribution in [0.2, 0.25) is 0 Å². The Morgan fingerprint density at radius 1 is 1.29 bits per heavy atom. The molecular weight excluding hydrogens is 221 g/mol. The van der Waals surface area contributed by atoms with Gasteiger partial charge in [0.2, 0.25) is 0 Å². The summed E-state index contributed by atoms with van der Waals surface area (Å²) in [7, 11) is 1.38. The number of nitrogens with zero attached hydrogens (tertiary/aromatic N) is 1. The van der Waals surface area contributed by atoms with Crippen LogP contribution in [0.15, 0.2) is 24.3 Å². The molecule has 1 aromatic rings. The molecule has 2 rings (SSSR count). The minimum absolute atomic E-state index is 0.279. The van der Waals surface area contributed by atoms with Crippen molar-refractivity contribution in [1.82, 2.24) is 4.90 Å². The van der Waals surface area contributed by atoms with Crippen molar-refractivity contribution in [2.75, 3.05) is 20.2 Å². The Labute approximate surface area is 100 Å². The molecule has 0 bridgehead atoms. The van der Waals surface area contributed by atoms with E-state index in [-0.39, 0.29) is 11.8 Å². The Morgan fingerprint density at radius 2 is 1.88 bits per heavy atom. The first-order valence-electron chi connectivity index (χ1n) is 5.79. The average molecular weight is 237 g/mol. The lowest BCUT2D eigenvalue weighted by Crippen LogP contribution is -2.32. The highest BCUT2D eigenvalue weighted by Gasteiger charge is 2.30. The zero-order valence-electron chi connectivity index (χ0n) is 9.86. The van der Waals surface area contributed by atoms with E-state index < -0.39 is 6.04 Å². The number of benzene rings is 1. The van der Waals surface area contributed by atoms with E-state index in [0.29, 0.717) is 0 Å². The number of carbonyl (C=O) groups excluding carboxylic acids is 1. The van der Waals surface area contributed by atoms with Crippen LogP contribution in [-0.2, 0) is 9.53 Å². The molecule has 0 saturated carbocycles. The molecule has 1 heterocycles. The Kier molecular flexibility index (Phi) is 3.74. The van der Waals surface area contributed by atoms with Gasteiger partial charge >= 0.3 is 5.97 Å². The molecule has 0 amide bonds. The number of halogens is 1. The molecule has 17 heavy (non-hydrogen) atoms. The highest BCUT2D eigenvalue weighted by atomic mass is 19.1. The highest BCUT2D eigenvalue weighted by Crippen LogP contribution is 2.26. The summed E-state index contributed by atoms with van der Waals surface area (Å²) in [4.78, 5) is 13.9. The van der Waals surface area contributed by atoms with Gasteiger partial charge in [-0.25, -0.2) is 9.18 Å². The smallest absolute Gasteiger partial charge is 0.327 e. The molecule has 4 heteroatoms. The van der Waals surface area contributed by atoms with Crippen molar-refractivity contribution in [1.29, 1.82) is 0 Å². The molecular formula is C13H16FNO2. The Hall–Kier alpha value is -1.42. The van der Waals surface area contributed by atoms with Crippen LogP contribution < -0.4 is 0 Å². The van der Waals surface area contributed by atoms with E-state index >= 15 is 0 Å². The van der Waals surface area contributed by atoms with Gasteiger partial charge in [0.15, 0.2) is 0 Å². The highest BCUT2D eigenvalue weighted by molar-refractivity contribution is 5.77. The summed E-state index contributed by atoms with van der Waals surface area (Å²) in [6, 6.07) is 5.65. The standard InChI is InChI=1S/C13H16FNO2/c1-17-13(16)12(15-8-2-3-9-15)10-4-6-11(14)7-5-10/h4-7,12H,2-3,8-9H2,1H3. The van der Waals surface area contributed by atoms with Crippen molar-refractivity contribution >= 4 is 5.97 Å². The fourth-order valence-corrected chi connectivity index (χ4v) is 2.25. The van der Waals surface area contributed by atoms with Crippen molar-refractivity contribution in [3.05, 3.63) is 35.6 Å². The molecule has 0 aliphatic carbocycles. The number of carbonyl (C=O) groups is 1. The maximum absolute atomic E-state index is 12.9. The molecule has 1 atom stereocenters. The topological polar surface area (TPSA) is 29.5 Å². The van der Waals surface area contributed by atoms with E-state index in [1.54, 1.807) is 12.1 Å². The van der Waals surface area contributed by atoms with E-state index in [1.165, 1.54) is 19.2 Å². The third kappa shape index (κ3) is 2.64. The van der Waals surface area contributed by atoms with Crippen LogP contribution in [0.3, 0.4) is 0 Å². The molecule has 1 aromatic carbocycles. The molecule has 1 fully saturated rings. The first kappa shape index (κ1) is 12.0. The number of esters is 1. The van der Waals surface area contributed by atoms with Crippen molar-refractivity contribution in [3.63, 3.8) is 0 Å². The molecule has 1 aliphatic rings. The summed E-state index contributed by atoms with van der Waals surface area (Å²) in [6.45, 7) is 1.77. The lowest BCUT2D eigenvalue weighted by molar-refractivity contribution is -0.146. The molecule has 0 aromatic heterocycles. The molecule has 92 valence electrons. The van der Waals surface area contributed by atoms with Crippen LogP contribution in [0.25, 0.3) is 0 Å². The SMILES string of the molecule is COC(=O)C(c1ccc(F)cc1)N1CCCC1. The lowest BCUT2D eigenvalue weighted by Gasteiger charge is -2.25. The van der Waals surface area contributed by atoms with Crippen molar-refractivity contribution in [3.8, 4) is 0 Å². The molecule has 3 nitrogen and oxygen atoms in total. The van der Waals surface area contributed by atoms with Gasteiger partial charge in [-0.05, 0) is 43.6 Å². The maximum Gasteiger partial charge on any atom is 0.327 e. The Bertz CT molecular complexity index is 385. The number of hydrogen-bond donors (Lipinski definition) is 0. The number of likely N-dealkylation sites (tertiary alicyclic amines) is 1. The van der Waals surface area contributed by atoms with Gasteiger partial charge in [0.25, 0.3) is 0 Å². The summed E-state index contributed by atoms with van der Waals surface area (Å²) in [5.74, 6) is -0.572. The second-order valence-electron chi connectivity index (χ2n) is 4.22. The first-order chi connectivity index (χ1) is 8.22. The minimum Gasteiger partial charge on any atom is -0.468 e. The fraction of sp³-hybridized carbons (Fsp3) is 0.462. The third-order valence-corrected chi connectivity index (χ3v) is 3.12. The first-order valence-corrected chi connectivity index (χ1v) is 5.79. The van der Waals surface area contributed by atoms with Crippen LogP contribution in [0.1, 0.15) is 24.4 Å². The van der Waals surface area contributed by atoms with Crippen molar-refractivity contribution < 1.29 is 13.9 Å². The number of methoxy groups -OCH3 is 1. The van der Waals surface area contributed by atoms with E-state index in [1.807, 2.05) is 0 Å². The number of rotatable bonds is 3. The normalized spacial score (nSPS) is 18.0. The van der Waals surface area contributed by atoms with Gasteiger partial charge in [0, 0.05) is 0 Å². The predicted octanol–water partition coefficient (Wildman–Crippen LogP) is 2.14. The molecule has 0 spiro atoms. The van der Waals surface area contributed by atoms with E-state index in [9.17, 15) is 9.18 Å². The maximum atomic E-state index is 12.9. The Morgan fingerprint density at radius 3 is 2.41 bits per heavy atom. The van der Waals surface area contributed by atoms with Crippen LogP contribution in [0.5, 0.6) is 0 Å². The van der Waals surface area contributed by atoms with Gasteiger partial charge in [-0.15, -0.1) is 0 Å². The third-order valence-electron chi connectivity index (χ3n) is 3.12. The van der Waals surface area contributed by atoms with Crippen molar-refractivity contribution in [2.45, 2.75) is 18.9 Å². The quantitative estimate of drug-likeness (QED) is 0.754. The average Bonchev–Trinajstić information content (AvgIpc) is 2.85. The molecule has 0 radical (unpaired) electrons. The second kappa shape index (κ2) is 5.27. The van der Waals surface area contributed by atoms with E-state index in [4.69, 9.17) is 4.74 Å². The molecule has 1 unspecified atom stereocenters. The van der Waals surface area contributed by atoms with Crippen molar-refractivity contribution in [2.24, 2.45) is 0 Å². The number of hydrogen-bond acceptors (Lipinski definition) is 3. The number of ether oxygens (including phenoxy) is 1. The van der Waals surface area contributed by atoms with Gasteiger partial charge < -0.3 is 4.74 Å². The van der Waals surface area contributed by atoms with Gasteiger partial charge in [0.1, 0.15) is 11.9 Å². The fourth-order valence-electron chi connectivity index (χ4n) is 2.25. The largest absolute Gasteiger partial charge is 0.468 e. The summed E-state index contributed by atoms with van der Waals surface area (Å²) in [5.41, 5.74) is 0.792. The van der Waals surface area contributed by atoms with Crippen LogP contribution in [0, 0.1) is 5.82 Å². The summed E-state index contributed by atoms with van der Waals surface area (Å²) in [5, 5.41) is 0. The Balaban J connectivity index is 2.25. The van der Waals surface area contributed by atoms with Gasteiger partial charge in [-0.1, -0.05) is 12.1 Å². The molecule has 1 aliphatic heterocycles. The summed E-state index contributed by atoms with van der Waals surface area (Å²) in [6.07, 6.45) is 2.18. The second-order valence-corrected chi connectivity index (χ2v) is 4.22. The summed E-state index contributed by atoms with van der Waals surface area (Å²) < 4.78 is 17.7. The lowest BCUT2D eigenvalue weighted by atomic mass is 10.1. The molecule has 1 saturated heterocycles. The van der Waals surface area contributed by atoms with E-state index in [2.05, 4.69) is 4.90 Å². The molecule has 0 N–H and O–H groups in total. The predicted molar refractivity (Wildman–Crippen MR) is 62.0 cm³/mol. The summed E-state index contributed by atoms with van der Waals surface area (Å²) >= 11 is 0. The monoisotopic (exact) mass is 237 g/mol. The van der Waals surface area contributed by atoms with E-state index in [0.717, 1.165) is 31.5 Å².